The Morgan fingerprint density at radius 3 is 1.52 bits per heavy atom. The van der Waals surface area contributed by atoms with Crippen LogP contribution in [-0.2, 0) is 20.1 Å². The van der Waals surface area contributed by atoms with Gasteiger partial charge in [0.2, 0.25) is 10.0 Å². The number of benzene rings is 1. The summed E-state index contributed by atoms with van der Waals surface area (Å²) >= 11 is 0. The fourth-order valence-electron chi connectivity index (χ4n) is 4.45. The molecule has 0 amide bonds. The molecule has 0 aliphatic rings. The van der Waals surface area contributed by atoms with Crippen molar-refractivity contribution in [3.05, 3.63) is 29.8 Å². The molecular weight excluding hydrogens is 410 g/mol. The van der Waals surface area contributed by atoms with Crippen LogP contribution in [0.3, 0.4) is 0 Å². The minimum absolute atomic E-state index is 0.369. The maximum absolute atomic E-state index is 13.5. The lowest BCUT2D eigenvalue weighted by Crippen LogP contribution is -2.65. The Morgan fingerprint density at radius 1 is 0.793 bits per heavy atom. The third kappa shape index (κ3) is 3.95. The molecule has 6 nitrogen and oxygen atoms in total. The zero-order chi connectivity index (χ0) is 23.1. The molecule has 1 aromatic rings. The van der Waals surface area contributed by atoms with Crippen molar-refractivity contribution >= 4 is 25.8 Å². The Kier molecular flexibility index (Phi) is 7.02. The molecule has 0 saturated carbocycles. The quantitative estimate of drug-likeness (QED) is 0.518. The van der Waals surface area contributed by atoms with Gasteiger partial charge in [-0.1, -0.05) is 45.4 Å². The molecule has 0 aliphatic heterocycles. The molecule has 2 unspecified atom stereocenters. The third-order valence-electron chi connectivity index (χ3n) is 7.91. The molecule has 0 fully saturated rings. The van der Waals surface area contributed by atoms with Gasteiger partial charge in [0.15, 0.2) is 0 Å². The van der Waals surface area contributed by atoms with Crippen molar-refractivity contribution in [3.63, 3.8) is 0 Å². The number of aryl methyl sites for hydroxylation is 1. The summed E-state index contributed by atoms with van der Waals surface area (Å²) in [6.07, 6.45) is 0.770. The molecule has 8 heteroatoms. The van der Waals surface area contributed by atoms with Crippen LogP contribution in [0.2, 0.25) is 0 Å². The van der Waals surface area contributed by atoms with Gasteiger partial charge in [0.1, 0.15) is 0 Å². The third-order valence-corrected chi connectivity index (χ3v) is 11.9. The Balaban J connectivity index is 3.66. The Morgan fingerprint density at radius 2 is 1.17 bits per heavy atom. The molecule has 168 valence electrons. The molecule has 0 spiro atoms. The molecule has 1 rings (SSSR count). The molecule has 1 aromatic carbocycles. The van der Waals surface area contributed by atoms with Crippen molar-refractivity contribution in [3.8, 4) is 0 Å². The Labute approximate surface area is 177 Å². The number of hydrogen-bond donors (Lipinski definition) is 2. The number of anilines is 1. The van der Waals surface area contributed by atoms with Gasteiger partial charge in [-0.25, -0.2) is 8.42 Å². The second kappa shape index (κ2) is 7.85. The first-order valence-corrected chi connectivity index (χ1v) is 12.8. The van der Waals surface area contributed by atoms with Gasteiger partial charge in [-0.2, -0.15) is 8.42 Å². The largest absolute Gasteiger partial charge is 0.285 e. The van der Waals surface area contributed by atoms with Gasteiger partial charge < -0.3 is 0 Å². The molecule has 29 heavy (non-hydrogen) atoms. The van der Waals surface area contributed by atoms with Crippen LogP contribution in [0.1, 0.15) is 73.8 Å². The molecule has 0 aliphatic carbocycles. The van der Waals surface area contributed by atoms with E-state index in [1.165, 1.54) is 13.8 Å². The van der Waals surface area contributed by atoms with Crippen LogP contribution in [0.4, 0.5) is 5.69 Å². The molecular formula is C21H37NO5S2. The van der Waals surface area contributed by atoms with E-state index in [9.17, 15) is 21.4 Å². The molecule has 0 aromatic heterocycles. The number of hydrogen-bond acceptors (Lipinski definition) is 4. The standard InChI is InChI=1S/C21H37NO5S2/c1-10-20(8,21(9,11-2)19(6,7)29(25,26)27)18(4,5)28(23,24)22-17-14-12-16(3)13-15-17/h12-15,22H,10-11H2,1-9H3,(H,25,26,27). The number of sulfonamides is 1. The van der Waals surface area contributed by atoms with Crippen LogP contribution in [0, 0.1) is 17.8 Å². The summed E-state index contributed by atoms with van der Waals surface area (Å²) in [5.74, 6) is 0. The average Bonchev–Trinajstić information content (AvgIpc) is 2.60. The summed E-state index contributed by atoms with van der Waals surface area (Å²) in [6.45, 7) is 15.4. The van der Waals surface area contributed by atoms with Crippen LogP contribution in [0.5, 0.6) is 0 Å². The molecule has 2 atom stereocenters. The smallest absolute Gasteiger partial charge is 0.270 e. The van der Waals surface area contributed by atoms with E-state index in [2.05, 4.69) is 4.72 Å². The van der Waals surface area contributed by atoms with Crippen LogP contribution >= 0.6 is 0 Å². The first kappa shape index (κ1) is 25.9. The van der Waals surface area contributed by atoms with Crippen molar-refractivity contribution < 1.29 is 21.4 Å². The summed E-state index contributed by atoms with van der Waals surface area (Å²) < 4.78 is 61.4. The summed E-state index contributed by atoms with van der Waals surface area (Å²) in [7, 11) is -8.37. The predicted octanol–water partition coefficient (Wildman–Crippen LogP) is 5.01. The normalized spacial score (nSPS) is 18.0. The second-order valence-corrected chi connectivity index (χ2v) is 13.5. The highest BCUT2D eigenvalue weighted by Gasteiger charge is 2.65. The lowest BCUT2D eigenvalue weighted by molar-refractivity contribution is -0.00700. The van der Waals surface area contributed by atoms with Crippen LogP contribution in [-0.4, -0.2) is 30.9 Å². The van der Waals surface area contributed by atoms with Gasteiger partial charge in [0.05, 0.1) is 9.49 Å². The minimum Gasteiger partial charge on any atom is -0.285 e. The zero-order valence-corrected chi connectivity index (χ0v) is 20.8. The zero-order valence-electron chi connectivity index (χ0n) is 19.1. The van der Waals surface area contributed by atoms with Crippen LogP contribution in [0.25, 0.3) is 0 Å². The van der Waals surface area contributed by atoms with Gasteiger partial charge in [-0.15, -0.1) is 0 Å². The van der Waals surface area contributed by atoms with Gasteiger partial charge in [0.25, 0.3) is 10.1 Å². The highest BCUT2D eigenvalue weighted by Crippen LogP contribution is 2.60. The van der Waals surface area contributed by atoms with Crippen LogP contribution < -0.4 is 4.72 Å². The van der Waals surface area contributed by atoms with Crippen molar-refractivity contribution in [2.24, 2.45) is 10.8 Å². The maximum Gasteiger partial charge on any atom is 0.270 e. The highest BCUT2D eigenvalue weighted by molar-refractivity contribution is 7.94. The van der Waals surface area contributed by atoms with Crippen molar-refractivity contribution in [2.75, 3.05) is 4.72 Å². The van der Waals surface area contributed by atoms with E-state index in [1.807, 2.05) is 32.9 Å². The minimum atomic E-state index is -4.45. The fourth-order valence-corrected chi connectivity index (χ4v) is 7.05. The Hall–Kier alpha value is -1.12. The molecule has 0 heterocycles. The van der Waals surface area contributed by atoms with Gasteiger partial charge >= 0.3 is 0 Å². The van der Waals surface area contributed by atoms with E-state index in [1.54, 1.807) is 39.8 Å². The van der Waals surface area contributed by atoms with Crippen molar-refractivity contribution in [1.29, 1.82) is 0 Å². The molecule has 0 radical (unpaired) electrons. The van der Waals surface area contributed by atoms with E-state index in [0.717, 1.165) is 5.56 Å². The van der Waals surface area contributed by atoms with E-state index >= 15 is 0 Å². The predicted molar refractivity (Wildman–Crippen MR) is 120 cm³/mol. The average molecular weight is 448 g/mol. The summed E-state index contributed by atoms with van der Waals surface area (Å²) in [4.78, 5) is 0. The Bertz CT molecular complexity index is 934. The lowest BCUT2D eigenvalue weighted by atomic mass is 9.52. The van der Waals surface area contributed by atoms with E-state index in [-0.39, 0.29) is 0 Å². The SMILES string of the molecule is CCC(C)(C(C)(CC)C(C)(C)S(=O)(=O)Nc1ccc(C)cc1)C(C)(C)S(=O)(=O)O. The van der Waals surface area contributed by atoms with E-state index < -0.39 is 40.5 Å². The number of rotatable bonds is 9. The van der Waals surface area contributed by atoms with Gasteiger partial charge in [0, 0.05) is 5.69 Å². The summed E-state index contributed by atoms with van der Waals surface area (Å²) in [6, 6.07) is 7.05. The monoisotopic (exact) mass is 447 g/mol. The summed E-state index contributed by atoms with van der Waals surface area (Å²) in [5.41, 5.74) is -0.577. The molecule has 2 N–H and O–H groups in total. The highest BCUT2D eigenvalue weighted by atomic mass is 32.2. The van der Waals surface area contributed by atoms with Crippen molar-refractivity contribution in [1.82, 2.24) is 0 Å². The maximum atomic E-state index is 13.5. The number of nitrogens with one attached hydrogen (secondary N) is 1. The van der Waals surface area contributed by atoms with Gasteiger partial charge in [-0.05, 0) is 70.4 Å². The first-order chi connectivity index (χ1) is 12.8. The summed E-state index contributed by atoms with van der Waals surface area (Å²) in [5, 5.41) is 0. The van der Waals surface area contributed by atoms with E-state index in [4.69, 9.17) is 0 Å². The topological polar surface area (TPSA) is 101 Å². The molecule has 0 saturated heterocycles. The molecule has 0 bridgehead atoms. The van der Waals surface area contributed by atoms with Crippen LogP contribution in [0.15, 0.2) is 24.3 Å². The lowest BCUT2D eigenvalue weighted by Gasteiger charge is -2.59. The van der Waals surface area contributed by atoms with E-state index in [0.29, 0.717) is 18.5 Å². The van der Waals surface area contributed by atoms with Gasteiger partial charge in [-0.3, -0.25) is 9.27 Å². The first-order valence-electron chi connectivity index (χ1n) is 9.90. The van der Waals surface area contributed by atoms with Crippen molar-refractivity contribution in [2.45, 2.75) is 84.6 Å². The fraction of sp³-hybridized carbons (Fsp3) is 0.714. The second-order valence-electron chi connectivity index (χ2n) is 9.34.